The molecule has 2 bridgehead atoms. The van der Waals surface area contributed by atoms with Crippen molar-refractivity contribution in [2.45, 2.75) is 36.6 Å². The fraction of sp³-hybridized carbons (Fsp3) is 0.579. The molecule has 6 atom stereocenters. The fourth-order valence-corrected chi connectivity index (χ4v) is 6.45. The standard InChI is InChI=1S/C19H22N2O2/c22-18-16-12-9-15-19(6-7-21(15)10-11(12)5-8-23-18)13-3-1-2-4-14(13)20-17(16)19/h1-5,12,15-18,20,22H,6-10H2/t12-,15-,16+,17-,18+,19+/m0/s1. The molecule has 1 aromatic carbocycles. The van der Waals surface area contributed by atoms with Gasteiger partial charge in [0.1, 0.15) is 0 Å². The van der Waals surface area contributed by atoms with Gasteiger partial charge in [-0.15, -0.1) is 0 Å². The summed E-state index contributed by atoms with van der Waals surface area (Å²) in [4.78, 5) is 2.69. The molecule has 0 unspecified atom stereocenters. The van der Waals surface area contributed by atoms with E-state index in [4.69, 9.17) is 4.74 Å². The third-order valence-electron chi connectivity index (χ3n) is 7.27. The van der Waals surface area contributed by atoms with Gasteiger partial charge < -0.3 is 15.2 Å². The average Bonchev–Trinajstić information content (AvgIpc) is 3.06. The molecule has 6 rings (SSSR count). The monoisotopic (exact) mass is 310 g/mol. The Kier molecular flexibility index (Phi) is 2.36. The number of hydrogen-bond acceptors (Lipinski definition) is 4. The summed E-state index contributed by atoms with van der Waals surface area (Å²) in [6, 6.07) is 9.68. The third kappa shape index (κ3) is 1.40. The Hall–Kier alpha value is -1.36. The number of para-hydroxylation sites is 1. The quantitative estimate of drug-likeness (QED) is 0.716. The Morgan fingerprint density at radius 2 is 2.22 bits per heavy atom. The van der Waals surface area contributed by atoms with Crippen molar-refractivity contribution in [1.82, 2.24) is 4.90 Å². The van der Waals surface area contributed by atoms with Crippen molar-refractivity contribution >= 4 is 5.69 Å². The van der Waals surface area contributed by atoms with Crippen LogP contribution in [0.1, 0.15) is 18.4 Å². The first kappa shape index (κ1) is 13.0. The Morgan fingerprint density at radius 3 is 3.17 bits per heavy atom. The van der Waals surface area contributed by atoms with Crippen LogP contribution < -0.4 is 5.32 Å². The largest absolute Gasteiger partial charge is 0.381 e. The van der Waals surface area contributed by atoms with Gasteiger partial charge in [0.2, 0.25) is 0 Å². The van der Waals surface area contributed by atoms with E-state index in [9.17, 15) is 5.11 Å². The molecule has 5 aliphatic rings. The highest BCUT2D eigenvalue weighted by molar-refractivity contribution is 5.65. The molecular formula is C19H22N2O2. The molecule has 2 N–H and O–H groups in total. The van der Waals surface area contributed by atoms with E-state index >= 15 is 0 Å². The van der Waals surface area contributed by atoms with Gasteiger partial charge in [0.25, 0.3) is 0 Å². The Labute approximate surface area is 136 Å². The minimum atomic E-state index is -0.662. The summed E-state index contributed by atoms with van der Waals surface area (Å²) in [5, 5.41) is 14.6. The van der Waals surface area contributed by atoms with Crippen LogP contribution in [0.5, 0.6) is 0 Å². The molecule has 0 radical (unpaired) electrons. The molecule has 1 aromatic rings. The number of hydrogen-bond donors (Lipinski definition) is 2. The highest BCUT2D eigenvalue weighted by Gasteiger charge is 2.66. The van der Waals surface area contributed by atoms with Crippen LogP contribution in [-0.2, 0) is 10.2 Å². The molecule has 0 aromatic heterocycles. The van der Waals surface area contributed by atoms with Gasteiger partial charge in [0, 0.05) is 35.6 Å². The van der Waals surface area contributed by atoms with Gasteiger partial charge in [0.15, 0.2) is 6.29 Å². The molecule has 120 valence electrons. The lowest BCUT2D eigenvalue weighted by Crippen LogP contribution is -2.64. The summed E-state index contributed by atoms with van der Waals surface area (Å²) in [6.07, 6.45) is 3.93. The summed E-state index contributed by atoms with van der Waals surface area (Å²) in [7, 11) is 0. The van der Waals surface area contributed by atoms with Gasteiger partial charge in [-0.3, -0.25) is 4.90 Å². The van der Waals surface area contributed by atoms with E-state index in [-0.39, 0.29) is 17.4 Å². The average molecular weight is 310 g/mol. The number of anilines is 1. The van der Waals surface area contributed by atoms with Crippen LogP contribution in [-0.4, -0.2) is 48.1 Å². The number of nitrogens with one attached hydrogen (secondary N) is 1. The van der Waals surface area contributed by atoms with Crippen LogP contribution in [0, 0.1) is 11.8 Å². The van der Waals surface area contributed by atoms with E-state index in [1.807, 2.05) is 0 Å². The number of aliphatic hydroxyl groups is 1. The molecule has 2 saturated heterocycles. The van der Waals surface area contributed by atoms with Crippen molar-refractivity contribution in [3.63, 3.8) is 0 Å². The molecule has 4 nitrogen and oxygen atoms in total. The van der Waals surface area contributed by atoms with E-state index in [2.05, 4.69) is 40.6 Å². The van der Waals surface area contributed by atoms with E-state index in [0.29, 0.717) is 18.6 Å². The smallest absolute Gasteiger partial charge is 0.160 e. The van der Waals surface area contributed by atoms with Gasteiger partial charge in [-0.25, -0.2) is 0 Å². The van der Waals surface area contributed by atoms with Crippen LogP contribution in [0.15, 0.2) is 35.9 Å². The Balaban J connectivity index is 1.59. The van der Waals surface area contributed by atoms with E-state index < -0.39 is 6.29 Å². The molecule has 23 heavy (non-hydrogen) atoms. The van der Waals surface area contributed by atoms with E-state index in [1.54, 1.807) is 0 Å². The predicted octanol–water partition coefficient (Wildman–Crippen LogP) is 1.72. The van der Waals surface area contributed by atoms with Crippen molar-refractivity contribution in [1.29, 1.82) is 0 Å². The normalized spacial score (nSPS) is 46.5. The molecule has 4 heterocycles. The lowest BCUT2D eigenvalue weighted by atomic mass is 9.55. The first-order valence-corrected chi connectivity index (χ1v) is 8.88. The molecule has 0 amide bonds. The summed E-state index contributed by atoms with van der Waals surface area (Å²) < 4.78 is 5.75. The zero-order chi connectivity index (χ0) is 15.2. The summed E-state index contributed by atoms with van der Waals surface area (Å²) >= 11 is 0. The second-order valence-electron chi connectivity index (χ2n) is 7.87. The number of fused-ring (bicyclic) bond motifs is 2. The van der Waals surface area contributed by atoms with Crippen LogP contribution >= 0.6 is 0 Å². The number of piperidine rings is 1. The summed E-state index contributed by atoms with van der Waals surface area (Å²) in [6.45, 7) is 2.79. The second-order valence-corrected chi connectivity index (χ2v) is 7.87. The minimum absolute atomic E-state index is 0.151. The van der Waals surface area contributed by atoms with E-state index in [1.165, 1.54) is 36.2 Å². The van der Waals surface area contributed by atoms with Gasteiger partial charge in [-0.2, -0.15) is 0 Å². The van der Waals surface area contributed by atoms with Crippen LogP contribution in [0.25, 0.3) is 0 Å². The fourth-order valence-electron chi connectivity index (χ4n) is 6.45. The van der Waals surface area contributed by atoms with Crippen molar-refractivity contribution in [2.24, 2.45) is 11.8 Å². The molecule has 1 saturated carbocycles. The SMILES string of the molecule is O[C@@H]1OCC=C2CN3CC[C@]45c6ccccc6N[C@H]4[C@H]1[C@H]2C[C@H]35. The van der Waals surface area contributed by atoms with Gasteiger partial charge >= 0.3 is 0 Å². The van der Waals surface area contributed by atoms with Crippen molar-refractivity contribution in [3.8, 4) is 0 Å². The van der Waals surface area contributed by atoms with Gasteiger partial charge in [-0.05, 0) is 36.9 Å². The van der Waals surface area contributed by atoms with E-state index in [0.717, 1.165) is 6.54 Å². The lowest BCUT2D eigenvalue weighted by molar-refractivity contribution is -0.152. The molecular weight excluding hydrogens is 288 g/mol. The number of rotatable bonds is 0. The van der Waals surface area contributed by atoms with Crippen LogP contribution in [0.2, 0.25) is 0 Å². The van der Waals surface area contributed by atoms with Crippen LogP contribution in [0.3, 0.4) is 0 Å². The maximum Gasteiger partial charge on any atom is 0.160 e. The molecule has 4 aliphatic heterocycles. The number of aliphatic hydroxyl groups excluding tert-OH is 1. The summed E-state index contributed by atoms with van der Waals surface area (Å²) in [5.74, 6) is 0.624. The highest BCUT2D eigenvalue weighted by atomic mass is 16.6. The zero-order valence-corrected chi connectivity index (χ0v) is 13.1. The Morgan fingerprint density at radius 1 is 1.30 bits per heavy atom. The maximum absolute atomic E-state index is 10.8. The van der Waals surface area contributed by atoms with Gasteiger partial charge in [-0.1, -0.05) is 29.8 Å². The first-order valence-electron chi connectivity index (χ1n) is 8.88. The predicted molar refractivity (Wildman–Crippen MR) is 87.1 cm³/mol. The van der Waals surface area contributed by atoms with Crippen molar-refractivity contribution in [2.75, 3.05) is 25.0 Å². The summed E-state index contributed by atoms with van der Waals surface area (Å²) in [5.41, 5.74) is 4.39. The zero-order valence-electron chi connectivity index (χ0n) is 13.1. The number of benzene rings is 1. The third-order valence-corrected chi connectivity index (χ3v) is 7.27. The molecule has 1 spiro atoms. The topological polar surface area (TPSA) is 44.7 Å². The number of nitrogens with zero attached hydrogens (tertiary/aromatic N) is 1. The molecule has 1 aliphatic carbocycles. The Bertz CT molecular complexity index is 717. The lowest BCUT2D eigenvalue weighted by Gasteiger charge is -2.55. The molecule has 3 fully saturated rings. The van der Waals surface area contributed by atoms with Gasteiger partial charge in [0.05, 0.1) is 6.61 Å². The number of ether oxygens (including phenoxy) is 1. The molecule has 4 heteroatoms. The van der Waals surface area contributed by atoms with Crippen molar-refractivity contribution < 1.29 is 9.84 Å². The minimum Gasteiger partial charge on any atom is -0.381 e. The highest BCUT2D eigenvalue weighted by Crippen LogP contribution is 2.62. The first-order chi connectivity index (χ1) is 11.3. The second kappa shape index (κ2) is 4.18. The van der Waals surface area contributed by atoms with Crippen LogP contribution in [0.4, 0.5) is 5.69 Å². The van der Waals surface area contributed by atoms with Crippen molar-refractivity contribution in [3.05, 3.63) is 41.5 Å². The maximum atomic E-state index is 10.8.